The van der Waals surface area contributed by atoms with Gasteiger partial charge in [-0.2, -0.15) is 5.10 Å². The van der Waals surface area contributed by atoms with E-state index in [4.69, 9.17) is 21.1 Å². The largest absolute Gasteiger partial charge is 0.493 e. The van der Waals surface area contributed by atoms with Gasteiger partial charge in [0.2, 0.25) is 0 Å². The van der Waals surface area contributed by atoms with Gasteiger partial charge in [-0.15, -0.1) is 0 Å². The number of halogens is 1. The zero-order chi connectivity index (χ0) is 16.9. The number of fused-ring (bicyclic) bond motifs is 1. The monoisotopic (exact) mass is 343 g/mol. The van der Waals surface area contributed by atoms with Crippen molar-refractivity contribution in [2.75, 3.05) is 13.2 Å². The Balaban J connectivity index is 1.70. The van der Waals surface area contributed by atoms with Crippen LogP contribution in [0.1, 0.15) is 6.92 Å². The van der Waals surface area contributed by atoms with Gasteiger partial charge in [0.1, 0.15) is 18.1 Å². The molecule has 0 fully saturated rings. The molecule has 2 aromatic carbocycles. The highest BCUT2D eigenvalue weighted by molar-refractivity contribution is 6.31. The Hall–Kier alpha value is -2.53. The third-order valence-corrected chi connectivity index (χ3v) is 3.65. The van der Waals surface area contributed by atoms with E-state index in [1.807, 2.05) is 19.1 Å². The molecule has 1 heterocycles. The summed E-state index contributed by atoms with van der Waals surface area (Å²) in [6, 6.07) is 13.6. The average Bonchev–Trinajstić information content (AvgIpc) is 2.57. The number of ether oxygens (including phenoxy) is 2. The van der Waals surface area contributed by atoms with Gasteiger partial charge in [-0.3, -0.25) is 4.79 Å². The minimum absolute atomic E-state index is 0.167. The van der Waals surface area contributed by atoms with Crippen LogP contribution in [0.2, 0.25) is 5.02 Å². The molecule has 0 atom stereocenters. The number of nitrogens with zero attached hydrogens (tertiary/aromatic N) is 2. The van der Waals surface area contributed by atoms with Crippen molar-refractivity contribution < 1.29 is 9.47 Å². The highest BCUT2D eigenvalue weighted by atomic mass is 35.5. The highest BCUT2D eigenvalue weighted by Gasteiger charge is 2.05. The Kier molecular flexibility index (Phi) is 5.01. The third-order valence-electron chi connectivity index (χ3n) is 3.42. The molecular formula is C18H16ClN2O3. The first-order chi connectivity index (χ1) is 11.7. The summed E-state index contributed by atoms with van der Waals surface area (Å²) in [5, 5.41) is 6.04. The lowest BCUT2D eigenvalue weighted by molar-refractivity contribution is 0.283. The molecule has 0 spiro atoms. The molecule has 0 aliphatic heterocycles. The Morgan fingerprint density at radius 2 is 2.00 bits per heavy atom. The molecule has 0 unspecified atom stereocenters. The van der Waals surface area contributed by atoms with Crippen LogP contribution in [0.4, 0.5) is 0 Å². The Morgan fingerprint density at radius 3 is 2.79 bits per heavy atom. The van der Waals surface area contributed by atoms with Crippen LogP contribution in [-0.2, 0) is 6.54 Å². The van der Waals surface area contributed by atoms with Gasteiger partial charge in [-0.25, -0.2) is 4.68 Å². The molecule has 0 saturated heterocycles. The van der Waals surface area contributed by atoms with E-state index in [1.54, 1.807) is 30.5 Å². The second-order valence-electron chi connectivity index (χ2n) is 5.07. The van der Waals surface area contributed by atoms with Crippen LogP contribution in [0.15, 0.2) is 47.4 Å². The van der Waals surface area contributed by atoms with Crippen molar-refractivity contribution in [2.24, 2.45) is 0 Å². The molecule has 3 rings (SSSR count). The number of hydrogen-bond acceptors (Lipinski definition) is 4. The fourth-order valence-electron chi connectivity index (χ4n) is 2.31. The molecule has 123 valence electrons. The number of hydrogen-bond donors (Lipinski definition) is 0. The van der Waals surface area contributed by atoms with Gasteiger partial charge in [0.05, 0.1) is 30.8 Å². The minimum atomic E-state index is -0.167. The average molecular weight is 344 g/mol. The first-order valence-electron chi connectivity index (χ1n) is 7.60. The summed E-state index contributed by atoms with van der Waals surface area (Å²) in [6.07, 6.45) is 1.63. The van der Waals surface area contributed by atoms with Gasteiger partial charge in [0.25, 0.3) is 5.56 Å². The first kappa shape index (κ1) is 16.3. The fraction of sp³-hybridized carbons (Fsp3) is 0.222. The van der Waals surface area contributed by atoms with Crippen LogP contribution < -0.4 is 15.0 Å². The Morgan fingerprint density at radius 1 is 1.21 bits per heavy atom. The van der Waals surface area contributed by atoms with Gasteiger partial charge >= 0.3 is 0 Å². The normalized spacial score (nSPS) is 10.8. The summed E-state index contributed by atoms with van der Waals surface area (Å²) in [7, 11) is 0. The zero-order valence-corrected chi connectivity index (χ0v) is 13.9. The van der Waals surface area contributed by atoms with E-state index in [0.717, 1.165) is 5.39 Å². The minimum Gasteiger partial charge on any atom is -0.493 e. The standard InChI is InChI=1S/C18H16ClN2O3/c1-2-23-15-4-3-5-16(11-15)24-9-8-21-18(22)17-7-6-14(19)10-13(17)12-20-21/h3-7,10,12H,2,8-9H2,1H3. The summed E-state index contributed by atoms with van der Waals surface area (Å²) in [4.78, 5) is 12.4. The van der Waals surface area contributed by atoms with Crippen molar-refractivity contribution in [3.63, 3.8) is 0 Å². The summed E-state index contributed by atoms with van der Waals surface area (Å²) >= 11 is 5.93. The maximum absolute atomic E-state index is 12.4. The van der Waals surface area contributed by atoms with Crippen molar-refractivity contribution in [2.45, 2.75) is 13.5 Å². The second kappa shape index (κ2) is 7.36. The quantitative estimate of drug-likeness (QED) is 0.689. The first-order valence-corrected chi connectivity index (χ1v) is 7.98. The van der Waals surface area contributed by atoms with Gasteiger partial charge in [0, 0.05) is 10.4 Å². The van der Waals surface area contributed by atoms with E-state index in [9.17, 15) is 4.79 Å². The molecule has 1 aromatic heterocycles. The van der Waals surface area contributed by atoms with Crippen LogP contribution >= 0.6 is 11.6 Å². The van der Waals surface area contributed by atoms with Gasteiger partial charge in [-0.1, -0.05) is 17.7 Å². The predicted molar refractivity (Wildman–Crippen MR) is 93.0 cm³/mol. The maximum Gasteiger partial charge on any atom is 0.274 e. The van der Waals surface area contributed by atoms with E-state index in [-0.39, 0.29) is 5.56 Å². The van der Waals surface area contributed by atoms with Gasteiger partial charge in [0.15, 0.2) is 0 Å². The molecule has 5 nitrogen and oxygen atoms in total. The van der Waals surface area contributed by atoms with Gasteiger partial charge < -0.3 is 9.47 Å². The molecule has 24 heavy (non-hydrogen) atoms. The Labute approximate surface area is 144 Å². The number of aromatic nitrogens is 2. The summed E-state index contributed by atoms with van der Waals surface area (Å²) in [5.74, 6) is 1.20. The van der Waals surface area contributed by atoms with E-state index in [2.05, 4.69) is 11.2 Å². The van der Waals surface area contributed by atoms with E-state index >= 15 is 0 Å². The molecule has 3 aromatic rings. The fourth-order valence-corrected chi connectivity index (χ4v) is 2.49. The lowest BCUT2D eigenvalue weighted by Gasteiger charge is -2.09. The molecule has 0 bridgehead atoms. The van der Waals surface area contributed by atoms with Crippen LogP contribution in [0.25, 0.3) is 10.8 Å². The second-order valence-corrected chi connectivity index (χ2v) is 5.50. The van der Waals surface area contributed by atoms with E-state index in [0.29, 0.717) is 41.7 Å². The third kappa shape index (κ3) is 3.68. The molecule has 1 radical (unpaired) electrons. The molecule has 0 aliphatic carbocycles. The van der Waals surface area contributed by atoms with Crippen LogP contribution in [0.5, 0.6) is 11.5 Å². The smallest absolute Gasteiger partial charge is 0.274 e. The van der Waals surface area contributed by atoms with Crippen molar-refractivity contribution in [1.82, 2.24) is 9.78 Å². The van der Waals surface area contributed by atoms with Crippen LogP contribution in [0, 0.1) is 6.07 Å². The van der Waals surface area contributed by atoms with Crippen molar-refractivity contribution >= 4 is 22.4 Å². The Bertz CT molecular complexity index is 908. The number of rotatable bonds is 6. The maximum atomic E-state index is 12.4. The van der Waals surface area contributed by atoms with Crippen molar-refractivity contribution in [1.29, 1.82) is 0 Å². The van der Waals surface area contributed by atoms with Crippen molar-refractivity contribution in [3.05, 3.63) is 64.0 Å². The molecule has 0 amide bonds. The number of benzene rings is 2. The molecule has 6 heteroatoms. The lowest BCUT2D eigenvalue weighted by atomic mass is 10.2. The van der Waals surface area contributed by atoms with E-state index < -0.39 is 0 Å². The van der Waals surface area contributed by atoms with E-state index in [1.165, 1.54) is 4.68 Å². The lowest BCUT2D eigenvalue weighted by Crippen LogP contribution is -2.25. The highest BCUT2D eigenvalue weighted by Crippen LogP contribution is 2.18. The molecule has 0 aliphatic rings. The molecule has 0 N–H and O–H groups in total. The summed E-state index contributed by atoms with van der Waals surface area (Å²) in [5.41, 5.74) is -0.167. The van der Waals surface area contributed by atoms with Gasteiger partial charge in [-0.05, 0) is 37.3 Å². The summed E-state index contributed by atoms with van der Waals surface area (Å²) in [6.45, 7) is 3.12. The summed E-state index contributed by atoms with van der Waals surface area (Å²) < 4.78 is 12.4. The zero-order valence-electron chi connectivity index (χ0n) is 13.2. The van der Waals surface area contributed by atoms with Crippen LogP contribution in [-0.4, -0.2) is 23.0 Å². The van der Waals surface area contributed by atoms with Crippen LogP contribution in [0.3, 0.4) is 0 Å². The predicted octanol–water partition coefficient (Wildman–Crippen LogP) is 3.33. The molecular weight excluding hydrogens is 328 g/mol. The SMILES string of the molecule is CCOc1[c]c(OCCn2ncc3cc(Cl)ccc3c2=O)ccc1. The van der Waals surface area contributed by atoms with Crippen molar-refractivity contribution in [3.8, 4) is 11.5 Å². The topological polar surface area (TPSA) is 53.4 Å². The molecule has 0 saturated carbocycles.